The minimum Gasteiger partial charge on any atom is -0.348 e. The fourth-order valence-electron chi connectivity index (χ4n) is 4.35. The number of aryl methyl sites for hydroxylation is 1. The molecule has 1 fully saturated rings. The molecular weight excluding hydrogens is 406 g/mol. The second kappa shape index (κ2) is 7.61. The number of thiophene rings is 2. The van der Waals surface area contributed by atoms with Crippen molar-refractivity contribution < 1.29 is 4.79 Å². The number of rotatable bonds is 3. The molecule has 0 aromatic carbocycles. The van der Waals surface area contributed by atoms with Gasteiger partial charge in [0.2, 0.25) is 5.91 Å². The summed E-state index contributed by atoms with van der Waals surface area (Å²) in [6, 6.07) is 6.59. The number of hydrogen-bond acceptors (Lipinski definition) is 6. The number of amides is 1. The first-order chi connectivity index (χ1) is 13.7. The van der Waals surface area contributed by atoms with Crippen molar-refractivity contribution in [3.63, 3.8) is 0 Å². The van der Waals surface area contributed by atoms with Crippen LogP contribution in [0.3, 0.4) is 0 Å². The summed E-state index contributed by atoms with van der Waals surface area (Å²) in [6.07, 6.45) is 2.82. The third kappa shape index (κ3) is 3.29. The molecular formula is C21H23N3OS3. The molecule has 0 saturated carbocycles. The SMILES string of the molecule is Cc1csc(N2CCC(C(=O)N3CCc4sccc4C3c3cccs3)CC2)n1. The zero-order valence-corrected chi connectivity index (χ0v) is 18.3. The number of aromatic nitrogens is 1. The molecule has 5 heterocycles. The van der Waals surface area contributed by atoms with Crippen LogP contribution in [0.5, 0.6) is 0 Å². The predicted octanol–water partition coefficient (Wildman–Crippen LogP) is 4.97. The van der Waals surface area contributed by atoms with Crippen molar-refractivity contribution in [3.05, 3.63) is 55.4 Å². The minimum atomic E-state index is 0.0992. The van der Waals surface area contributed by atoms with Crippen LogP contribution in [0.25, 0.3) is 0 Å². The monoisotopic (exact) mass is 429 g/mol. The van der Waals surface area contributed by atoms with Gasteiger partial charge in [0.05, 0.1) is 11.7 Å². The summed E-state index contributed by atoms with van der Waals surface area (Å²) < 4.78 is 0. The third-order valence-electron chi connectivity index (χ3n) is 5.78. The fraction of sp³-hybridized carbons (Fsp3) is 0.429. The Kier molecular flexibility index (Phi) is 4.99. The van der Waals surface area contributed by atoms with Crippen LogP contribution < -0.4 is 4.90 Å². The van der Waals surface area contributed by atoms with Gasteiger partial charge in [-0.2, -0.15) is 0 Å². The summed E-state index contributed by atoms with van der Waals surface area (Å²) in [4.78, 5) is 25.4. The van der Waals surface area contributed by atoms with Gasteiger partial charge in [-0.1, -0.05) is 6.07 Å². The zero-order valence-electron chi connectivity index (χ0n) is 15.8. The molecule has 2 aliphatic rings. The van der Waals surface area contributed by atoms with Gasteiger partial charge in [0.1, 0.15) is 0 Å². The van der Waals surface area contributed by atoms with Crippen LogP contribution in [0, 0.1) is 12.8 Å². The van der Waals surface area contributed by atoms with Crippen molar-refractivity contribution >= 4 is 45.0 Å². The number of hydrogen-bond donors (Lipinski definition) is 0. The molecule has 1 atom stereocenters. The lowest BCUT2D eigenvalue weighted by Gasteiger charge is -2.39. The second-order valence-electron chi connectivity index (χ2n) is 7.53. The van der Waals surface area contributed by atoms with Crippen molar-refractivity contribution in [1.29, 1.82) is 0 Å². The molecule has 0 N–H and O–H groups in total. The van der Waals surface area contributed by atoms with Crippen LogP contribution in [0.1, 0.15) is 39.9 Å². The quantitative estimate of drug-likeness (QED) is 0.590. The number of thiazole rings is 1. The summed E-state index contributed by atoms with van der Waals surface area (Å²) in [5.74, 6) is 0.463. The Labute approximate surface area is 177 Å². The number of fused-ring (bicyclic) bond motifs is 1. The topological polar surface area (TPSA) is 36.4 Å². The van der Waals surface area contributed by atoms with Crippen molar-refractivity contribution in [2.24, 2.45) is 5.92 Å². The smallest absolute Gasteiger partial charge is 0.226 e. The van der Waals surface area contributed by atoms with Crippen molar-refractivity contribution in [2.75, 3.05) is 24.5 Å². The van der Waals surface area contributed by atoms with Gasteiger partial charge < -0.3 is 9.80 Å². The number of nitrogens with zero attached hydrogens (tertiary/aromatic N) is 3. The van der Waals surface area contributed by atoms with E-state index in [2.05, 4.69) is 49.1 Å². The lowest BCUT2D eigenvalue weighted by molar-refractivity contribution is -0.138. The standard InChI is InChI=1S/C21H23N3OS3/c1-14-13-28-21(22-14)23-8-4-15(5-9-23)20(25)24-10-6-17-16(7-12-27-17)19(24)18-3-2-11-26-18/h2-3,7,11-13,15,19H,4-6,8-10H2,1H3. The molecule has 5 rings (SSSR count). The van der Waals surface area contributed by atoms with Gasteiger partial charge in [0.25, 0.3) is 0 Å². The van der Waals surface area contributed by atoms with Crippen LogP contribution in [-0.2, 0) is 11.2 Å². The van der Waals surface area contributed by atoms with E-state index in [1.54, 1.807) is 22.7 Å². The number of carbonyl (C=O) groups excluding carboxylic acids is 1. The van der Waals surface area contributed by atoms with Crippen molar-refractivity contribution in [2.45, 2.75) is 32.2 Å². The molecule has 1 saturated heterocycles. The summed E-state index contributed by atoms with van der Waals surface area (Å²) in [5.41, 5.74) is 2.42. The summed E-state index contributed by atoms with van der Waals surface area (Å²) in [6.45, 7) is 4.71. The highest BCUT2D eigenvalue weighted by Gasteiger charge is 2.37. The molecule has 0 bridgehead atoms. The highest BCUT2D eigenvalue weighted by atomic mass is 32.1. The van der Waals surface area contributed by atoms with E-state index in [4.69, 9.17) is 0 Å². The average molecular weight is 430 g/mol. The molecule has 1 amide bonds. The highest BCUT2D eigenvalue weighted by molar-refractivity contribution is 7.13. The normalized spacial score (nSPS) is 20.4. The van der Waals surface area contributed by atoms with Crippen LogP contribution in [0.15, 0.2) is 34.3 Å². The van der Waals surface area contributed by atoms with Crippen LogP contribution in [0.4, 0.5) is 5.13 Å². The Bertz CT molecular complexity index is 953. The maximum Gasteiger partial charge on any atom is 0.226 e. The highest BCUT2D eigenvalue weighted by Crippen LogP contribution is 2.41. The van der Waals surface area contributed by atoms with Gasteiger partial charge in [-0.25, -0.2) is 4.98 Å². The number of piperidine rings is 1. The van der Waals surface area contributed by atoms with Gasteiger partial charge in [0.15, 0.2) is 5.13 Å². The Morgan fingerprint density at radius 1 is 1.11 bits per heavy atom. The summed E-state index contributed by atoms with van der Waals surface area (Å²) >= 11 is 5.30. The van der Waals surface area contributed by atoms with Gasteiger partial charge in [-0.15, -0.1) is 34.0 Å². The second-order valence-corrected chi connectivity index (χ2v) is 10.3. The molecule has 3 aromatic heterocycles. The summed E-state index contributed by atoms with van der Waals surface area (Å²) in [7, 11) is 0. The number of carbonyl (C=O) groups is 1. The van der Waals surface area contributed by atoms with Gasteiger partial charge in [0, 0.05) is 40.7 Å². The molecule has 0 aliphatic carbocycles. The first kappa shape index (κ1) is 18.3. The van der Waals surface area contributed by atoms with Crippen LogP contribution >= 0.6 is 34.0 Å². The van der Waals surface area contributed by atoms with E-state index in [9.17, 15) is 4.79 Å². The molecule has 2 aliphatic heterocycles. The number of anilines is 1. The Morgan fingerprint density at radius 2 is 1.96 bits per heavy atom. The van der Waals surface area contributed by atoms with Crippen LogP contribution in [-0.4, -0.2) is 35.4 Å². The molecule has 0 spiro atoms. The van der Waals surface area contributed by atoms with Gasteiger partial charge in [-0.05, 0) is 54.6 Å². The Balaban J connectivity index is 1.33. The lowest BCUT2D eigenvalue weighted by Crippen LogP contribution is -2.46. The first-order valence-electron chi connectivity index (χ1n) is 9.78. The summed E-state index contributed by atoms with van der Waals surface area (Å²) in [5, 5.41) is 7.49. The lowest BCUT2D eigenvalue weighted by atomic mass is 9.91. The molecule has 4 nitrogen and oxygen atoms in total. The molecule has 3 aromatic rings. The average Bonchev–Trinajstić information content (AvgIpc) is 3.48. The predicted molar refractivity (Wildman–Crippen MR) is 118 cm³/mol. The maximum absolute atomic E-state index is 13.5. The minimum absolute atomic E-state index is 0.0992. The van der Waals surface area contributed by atoms with E-state index >= 15 is 0 Å². The maximum atomic E-state index is 13.5. The van der Waals surface area contributed by atoms with E-state index in [1.807, 2.05) is 18.3 Å². The van der Waals surface area contributed by atoms with E-state index < -0.39 is 0 Å². The van der Waals surface area contributed by atoms with E-state index in [0.29, 0.717) is 5.91 Å². The first-order valence-corrected chi connectivity index (χ1v) is 12.4. The van der Waals surface area contributed by atoms with Gasteiger partial charge >= 0.3 is 0 Å². The van der Waals surface area contributed by atoms with E-state index in [-0.39, 0.29) is 12.0 Å². The zero-order chi connectivity index (χ0) is 19.1. The van der Waals surface area contributed by atoms with E-state index in [1.165, 1.54) is 15.3 Å². The van der Waals surface area contributed by atoms with Crippen molar-refractivity contribution in [3.8, 4) is 0 Å². The molecule has 146 valence electrons. The van der Waals surface area contributed by atoms with Crippen LogP contribution in [0.2, 0.25) is 0 Å². The Hall–Kier alpha value is -1.70. The molecule has 0 radical (unpaired) electrons. The third-order valence-corrected chi connectivity index (χ3v) is 8.72. The van der Waals surface area contributed by atoms with Crippen molar-refractivity contribution in [1.82, 2.24) is 9.88 Å². The molecule has 7 heteroatoms. The van der Waals surface area contributed by atoms with Gasteiger partial charge in [-0.3, -0.25) is 4.79 Å². The largest absolute Gasteiger partial charge is 0.348 e. The molecule has 1 unspecified atom stereocenters. The fourth-order valence-corrected chi connectivity index (χ4v) is 6.96. The van der Waals surface area contributed by atoms with E-state index in [0.717, 1.165) is 49.7 Å². The molecule has 28 heavy (non-hydrogen) atoms. The Morgan fingerprint density at radius 3 is 2.68 bits per heavy atom.